The summed E-state index contributed by atoms with van der Waals surface area (Å²) in [6.45, 7) is 1.66. The highest BCUT2D eigenvalue weighted by atomic mass is 16.2. The van der Waals surface area contributed by atoms with Crippen LogP contribution in [0.25, 0.3) is 0 Å². The molecule has 1 N–H and O–H groups in total. The van der Waals surface area contributed by atoms with Gasteiger partial charge in [0.25, 0.3) is 0 Å². The molecule has 25 heavy (non-hydrogen) atoms. The number of fused-ring (bicyclic) bond motifs is 1. The van der Waals surface area contributed by atoms with Crippen LogP contribution in [-0.2, 0) is 11.2 Å². The van der Waals surface area contributed by atoms with E-state index in [0.29, 0.717) is 0 Å². The average Bonchev–Trinajstić information content (AvgIpc) is 2.69. The zero-order chi connectivity index (χ0) is 17.1. The van der Waals surface area contributed by atoms with Gasteiger partial charge in [-0.25, -0.2) is 4.98 Å². The SMILES string of the molecule is O=C(NC1CCCc2ccccc21)C1CCCN(c2cnccn2)C1. The lowest BCUT2D eigenvalue weighted by atomic mass is 9.87. The minimum atomic E-state index is 0.0184. The number of carbonyl (C=O) groups is 1. The molecular weight excluding hydrogens is 312 g/mol. The molecule has 2 aliphatic rings. The molecule has 0 spiro atoms. The molecule has 1 aliphatic carbocycles. The number of nitrogens with one attached hydrogen (secondary N) is 1. The van der Waals surface area contributed by atoms with Gasteiger partial charge in [0.05, 0.1) is 18.2 Å². The van der Waals surface area contributed by atoms with E-state index in [4.69, 9.17) is 0 Å². The predicted molar refractivity (Wildman–Crippen MR) is 97.2 cm³/mol. The lowest BCUT2D eigenvalue weighted by Crippen LogP contribution is -2.44. The number of anilines is 1. The van der Waals surface area contributed by atoms with Crippen LogP contribution in [0.2, 0.25) is 0 Å². The zero-order valence-corrected chi connectivity index (χ0v) is 14.4. The summed E-state index contributed by atoms with van der Waals surface area (Å²) >= 11 is 0. The minimum Gasteiger partial charge on any atom is -0.355 e. The van der Waals surface area contributed by atoms with E-state index in [2.05, 4.69) is 44.5 Å². The van der Waals surface area contributed by atoms with Crippen LogP contribution in [0.5, 0.6) is 0 Å². The van der Waals surface area contributed by atoms with Gasteiger partial charge >= 0.3 is 0 Å². The van der Waals surface area contributed by atoms with E-state index in [9.17, 15) is 4.79 Å². The molecule has 0 bridgehead atoms. The molecule has 1 aromatic carbocycles. The molecule has 2 heterocycles. The summed E-state index contributed by atoms with van der Waals surface area (Å²) in [5.74, 6) is 1.06. The van der Waals surface area contributed by atoms with Crippen molar-refractivity contribution in [1.29, 1.82) is 0 Å². The second-order valence-corrected chi connectivity index (χ2v) is 7.00. The van der Waals surface area contributed by atoms with Crippen LogP contribution >= 0.6 is 0 Å². The smallest absolute Gasteiger partial charge is 0.225 e. The third-order valence-corrected chi connectivity index (χ3v) is 5.35. The van der Waals surface area contributed by atoms with Gasteiger partial charge < -0.3 is 10.2 Å². The highest BCUT2D eigenvalue weighted by Crippen LogP contribution is 2.30. The lowest BCUT2D eigenvalue weighted by Gasteiger charge is -2.34. The molecule has 5 heteroatoms. The lowest BCUT2D eigenvalue weighted by molar-refractivity contribution is -0.126. The Kier molecular flexibility index (Phi) is 4.63. The summed E-state index contributed by atoms with van der Waals surface area (Å²) in [5.41, 5.74) is 2.67. The predicted octanol–water partition coefficient (Wildman–Crippen LogP) is 2.89. The van der Waals surface area contributed by atoms with Gasteiger partial charge in [-0.1, -0.05) is 24.3 Å². The van der Waals surface area contributed by atoms with Gasteiger partial charge in [0.2, 0.25) is 5.91 Å². The number of aromatic nitrogens is 2. The first-order valence-electron chi connectivity index (χ1n) is 9.20. The number of benzene rings is 1. The molecule has 1 aromatic heterocycles. The van der Waals surface area contributed by atoms with Crippen molar-refractivity contribution in [2.45, 2.75) is 38.1 Å². The van der Waals surface area contributed by atoms with E-state index >= 15 is 0 Å². The van der Waals surface area contributed by atoms with Crippen molar-refractivity contribution in [3.8, 4) is 0 Å². The Morgan fingerprint density at radius 1 is 1.16 bits per heavy atom. The Bertz CT molecular complexity index is 733. The third-order valence-electron chi connectivity index (χ3n) is 5.35. The number of carbonyl (C=O) groups excluding carboxylic acids is 1. The molecular formula is C20H24N4O. The van der Waals surface area contributed by atoms with Gasteiger partial charge in [0.1, 0.15) is 5.82 Å². The Hall–Kier alpha value is -2.43. The highest BCUT2D eigenvalue weighted by Gasteiger charge is 2.29. The molecule has 130 valence electrons. The second-order valence-electron chi connectivity index (χ2n) is 7.00. The maximum absolute atomic E-state index is 12.9. The Morgan fingerprint density at radius 2 is 2.08 bits per heavy atom. The first-order chi connectivity index (χ1) is 12.3. The van der Waals surface area contributed by atoms with Gasteiger partial charge in [-0.15, -0.1) is 0 Å². The van der Waals surface area contributed by atoms with Crippen molar-refractivity contribution in [3.63, 3.8) is 0 Å². The number of piperidine rings is 1. The van der Waals surface area contributed by atoms with Crippen LogP contribution in [0.4, 0.5) is 5.82 Å². The largest absolute Gasteiger partial charge is 0.355 e. The fourth-order valence-electron chi connectivity index (χ4n) is 4.05. The third kappa shape index (κ3) is 3.50. The normalized spacial score (nSPS) is 23.0. The summed E-state index contributed by atoms with van der Waals surface area (Å²) < 4.78 is 0. The molecule has 1 amide bonds. The van der Waals surface area contributed by atoms with Crippen LogP contribution in [0.15, 0.2) is 42.9 Å². The zero-order valence-electron chi connectivity index (χ0n) is 14.4. The maximum atomic E-state index is 12.9. The summed E-state index contributed by atoms with van der Waals surface area (Å²) in [5, 5.41) is 3.32. The van der Waals surface area contributed by atoms with Crippen LogP contribution in [-0.4, -0.2) is 29.0 Å². The van der Waals surface area contributed by atoms with Crippen molar-refractivity contribution in [1.82, 2.24) is 15.3 Å². The molecule has 2 unspecified atom stereocenters. The van der Waals surface area contributed by atoms with Gasteiger partial charge in [-0.3, -0.25) is 9.78 Å². The number of nitrogens with zero attached hydrogens (tertiary/aromatic N) is 3. The molecule has 1 saturated heterocycles. The van der Waals surface area contributed by atoms with Crippen LogP contribution in [0.3, 0.4) is 0 Å². The second kappa shape index (κ2) is 7.21. The van der Waals surface area contributed by atoms with Crippen LogP contribution < -0.4 is 10.2 Å². The van der Waals surface area contributed by atoms with Crippen molar-refractivity contribution < 1.29 is 4.79 Å². The van der Waals surface area contributed by atoms with Gasteiger partial charge in [-0.05, 0) is 43.2 Å². The molecule has 2 aromatic rings. The van der Waals surface area contributed by atoms with E-state index in [1.54, 1.807) is 18.6 Å². The minimum absolute atomic E-state index is 0.0184. The Labute approximate surface area is 148 Å². The van der Waals surface area contributed by atoms with Crippen LogP contribution in [0, 0.1) is 5.92 Å². The van der Waals surface area contributed by atoms with E-state index in [1.807, 2.05) is 0 Å². The fraction of sp³-hybridized carbons (Fsp3) is 0.450. The molecule has 0 saturated carbocycles. The number of rotatable bonds is 3. The molecule has 2 atom stereocenters. The highest BCUT2D eigenvalue weighted by molar-refractivity contribution is 5.80. The summed E-state index contributed by atoms with van der Waals surface area (Å²) in [4.78, 5) is 23.6. The molecule has 0 radical (unpaired) electrons. The van der Waals surface area contributed by atoms with Crippen molar-refractivity contribution in [3.05, 3.63) is 54.0 Å². The summed E-state index contributed by atoms with van der Waals surface area (Å²) in [6, 6.07) is 8.66. The standard InChI is InChI=1S/C20H24N4O/c25-20(23-18-9-3-6-15-5-1-2-8-17(15)18)16-7-4-12-24(14-16)19-13-21-10-11-22-19/h1-2,5,8,10-11,13,16,18H,3-4,6-7,9,12,14H2,(H,23,25). The quantitative estimate of drug-likeness (QED) is 0.936. The topological polar surface area (TPSA) is 58.1 Å². The molecule has 5 nitrogen and oxygen atoms in total. The monoisotopic (exact) mass is 336 g/mol. The van der Waals surface area contributed by atoms with Gasteiger partial charge in [0.15, 0.2) is 0 Å². The number of hydrogen-bond donors (Lipinski definition) is 1. The molecule has 1 fully saturated rings. The summed E-state index contributed by atoms with van der Waals surface area (Å²) in [6.07, 6.45) is 10.4. The number of aryl methyl sites for hydroxylation is 1. The fourth-order valence-corrected chi connectivity index (χ4v) is 4.05. The molecule has 1 aliphatic heterocycles. The first kappa shape index (κ1) is 16.1. The number of hydrogen-bond acceptors (Lipinski definition) is 4. The van der Waals surface area contributed by atoms with E-state index in [-0.39, 0.29) is 17.9 Å². The van der Waals surface area contributed by atoms with Crippen molar-refractivity contribution >= 4 is 11.7 Å². The average molecular weight is 336 g/mol. The number of amides is 1. The van der Waals surface area contributed by atoms with E-state index < -0.39 is 0 Å². The van der Waals surface area contributed by atoms with E-state index in [1.165, 1.54) is 11.1 Å². The Balaban J connectivity index is 1.43. The Morgan fingerprint density at radius 3 is 2.96 bits per heavy atom. The van der Waals surface area contributed by atoms with E-state index in [0.717, 1.165) is 51.0 Å². The first-order valence-corrected chi connectivity index (χ1v) is 9.20. The van der Waals surface area contributed by atoms with Crippen molar-refractivity contribution in [2.75, 3.05) is 18.0 Å². The van der Waals surface area contributed by atoms with Gasteiger partial charge in [-0.2, -0.15) is 0 Å². The maximum Gasteiger partial charge on any atom is 0.225 e. The van der Waals surface area contributed by atoms with Crippen LogP contribution in [0.1, 0.15) is 42.9 Å². The molecule has 4 rings (SSSR count). The summed E-state index contributed by atoms with van der Waals surface area (Å²) in [7, 11) is 0. The van der Waals surface area contributed by atoms with Gasteiger partial charge in [0, 0.05) is 25.5 Å². The van der Waals surface area contributed by atoms with Crippen molar-refractivity contribution in [2.24, 2.45) is 5.92 Å².